The maximum Gasteiger partial charge on any atom is 0.231 e. The van der Waals surface area contributed by atoms with Crippen LogP contribution in [0, 0.1) is 11.7 Å². The second-order valence-corrected chi connectivity index (χ2v) is 7.67. The first-order valence-corrected chi connectivity index (χ1v) is 8.59. The minimum absolute atomic E-state index is 0.0569. The van der Waals surface area contributed by atoms with Crippen molar-refractivity contribution in [3.8, 4) is 0 Å². The number of halogens is 1. The lowest BCUT2D eigenvalue weighted by molar-refractivity contribution is -0.121. The number of nitrogens with zero attached hydrogens (tertiary/aromatic N) is 1. The van der Waals surface area contributed by atoms with E-state index in [2.05, 4.69) is 0 Å². The molecule has 6 heteroatoms. The molecule has 1 saturated heterocycles. The maximum absolute atomic E-state index is 14.0. The summed E-state index contributed by atoms with van der Waals surface area (Å²) in [4.78, 5) is 13.9. The Kier molecular flexibility index (Phi) is 3.28. The van der Waals surface area contributed by atoms with E-state index in [9.17, 15) is 17.6 Å². The van der Waals surface area contributed by atoms with Crippen molar-refractivity contribution in [1.29, 1.82) is 0 Å². The van der Waals surface area contributed by atoms with Gasteiger partial charge in [0.15, 0.2) is 9.84 Å². The molecular weight excluding hydrogens is 281 g/mol. The van der Waals surface area contributed by atoms with E-state index in [0.29, 0.717) is 18.7 Å². The number of carbonyl (C=O) groups excluding carboxylic acids is 1. The highest BCUT2D eigenvalue weighted by Gasteiger charge is 2.37. The lowest BCUT2D eigenvalue weighted by Gasteiger charge is -2.31. The summed E-state index contributed by atoms with van der Waals surface area (Å²) in [6.07, 6.45) is 1.88. The van der Waals surface area contributed by atoms with Crippen LogP contribution in [0.4, 0.5) is 10.1 Å². The summed E-state index contributed by atoms with van der Waals surface area (Å²) in [5.41, 5.74) is 1.17. The third-order valence-electron chi connectivity index (χ3n) is 4.02. The number of amides is 1. The summed E-state index contributed by atoms with van der Waals surface area (Å²) in [5, 5.41) is 0. The number of para-hydroxylation sites is 1. The summed E-state index contributed by atoms with van der Waals surface area (Å²) < 4.78 is 37.0. The molecule has 0 radical (unpaired) electrons. The van der Waals surface area contributed by atoms with Crippen LogP contribution in [0.25, 0.3) is 0 Å². The molecule has 1 amide bonds. The number of benzene rings is 1. The largest absolute Gasteiger partial charge is 0.309 e. The van der Waals surface area contributed by atoms with Crippen LogP contribution >= 0.6 is 0 Å². The molecule has 1 atom stereocenters. The minimum atomic E-state index is -3.11. The van der Waals surface area contributed by atoms with Gasteiger partial charge in [0, 0.05) is 6.54 Å². The number of rotatable bonds is 1. The first kappa shape index (κ1) is 13.5. The zero-order valence-electron chi connectivity index (χ0n) is 11.0. The molecule has 108 valence electrons. The van der Waals surface area contributed by atoms with Gasteiger partial charge in [-0.05, 0) is 30.9 Å². The predicted molar refractivity (Wildman–Crippen MR) is 73.8 cm³/mol. The van der Waals surface area contributed by atoms with Gasteiger partial charge in [0.1, 0.15) is 5.82 Å². The molecule has 2 aliphatic rings. The Balaban J connectivity index is 1.91. The Labute approximate surface area is 117 Å². The molecule has 1 aromatic rings. The molecule has 3 rings (SSSR count). The van der Waals surface area contributed by atoms with Gasteiger partial charge in [0.05, 0.1) is 23.1 Å². The van der Waals surface area contributed by atoms with Crippen LogP contribution in [0.15, 0.2) is 18.2 Å². The standard InChI is InChI=1S/C14H16FNO3S/c15-12-5-1-3-10-4-2-7-16(13(10)12)14(17)11-6-8-20(18,19)9-11/h1,3,5,11H,2,4,6-9H2. The Hall–Kier alpha value is -1.43. The quantitative estimate of drug-likeness (QED) is 0.790. The van der Waals surface area contributed by atoms with Gasteiger partial charge in [0.2, 0.25) is 5.91 Å². The van der Waals surface area contributed by atoms with Crippen molar-refractivity contribution >= 4 is 21.4 Å². The van der Waals surface area contributed by atoms with Gasteiger partial charge in [-0.3, -0.25) is 4.79 Å². The van der Waals surface area contributed by atoms with Crippen molar-refractivity contribution < 1.29 is 17.6 Å². The average molecular weight is 297 g/mol. The molecule has 1 fully saturated rings. The van der Waals surface area contributed by atoms with Gasteiger partial charge >= 0.3 is 0 Å². The molecule has 0 saturated carbocycles. The lowest BCUT2D eigenvalue weighted by Crippen LogP contribution is -2.40. The first-order valence-electron chi connectivity index (χ1n) is 6.77. The van der Waals surface area contributed by atoms with Crippen molar-refractivity contribution in [3.05, 3.63) is 29.6 Å². The zero-order chi connectivity index (χ0) is 14.3. The summed E-state index contributed by atoms with van der Waals surface area (Å²) in [6, 6.07) is 4.81. The van der Waals surface area contributed by atoms with Gasteiger partial charge < -0.3 is 4.90 Å². The molecule has 0 bridgehead atoms. The Morgan fingerprint density at radius 1 is 1.35 bits per heavy atom. The fourth-order valence-electron chi connectivity index (χ4n) is 3.03. The summed E-state index contributed by atoms with van der Waals surface area (Å²) in [6.45, 7) is 0.462. The highest BCUT2D eigenvalue weighted by atomic mass is 32.2. The predicted octanol–water partition coefficient (Wildman–Crippen LogP) is 1.54. The van der Waals surface area contributed by atoms with Gasteiger partial charge in [-0.15, -0.1) is 0 Å². The summed E-state index contributed by atoms with van der Waals surface area (Å²) in [5.74, 6) is -1.23. The molecule has 20 heavy (non-hydrogen) atoms. The van der Waals surface area contributed by atoms with E-state index in [1.54, 1.807) is 6.07 Å². The summed E-state index contributed by atoms with van der Waals surface area (Å²) >= 11 is 0. The number of fused-ring (bicyclic) bond motifs is 1. The van der Waals surface area contributed by atoms with Crippen molar-refractivity contribution in [2.24, 2.45) is 5.92 Å². The van der Waals surface area contributed by atoms with E-state index < -0.39 is 21.6 Å². The third-order valence-corrected chi connectivity index (χ3v) is 5.78. The van der Waals surface area contributed by atoms with Gasteiger partial charge in [-0.2, -0.15) is 0 Å². The third kappa shape index (κ3) is 2.32. The van der Waals surface area contributed by atoms with Crippen LogP contribution < -0.4 is 4.90 Å². The highest BCUT2D eigenvalue weighted by Crippen LogP contribution is 2.32. The molecule has 4 nitrogen and oxygen atoms in total. The van der Waals surface area contributed by atoms with Crippen LogP contribution in [-0.4, -0.2) is 32.4 Å². The Morgan fingerprint density at radius 3 is 2.85 bits per heavy atom. The van der Waals surface area contributed by atoms with E-state index in [4.69, 9.17) is 0 Å². The number of hydrogen-bond donors (Lipinski definition) is 0. The number of aryl methyl sites for hydroxylation is 1. The Bertz CT molecular complexity index is 656. The maximum atomic E-state index is 14.0. The normalized spacial score (nSPS) is 24.4. The van der Waals surface area contributed by atoms with E-state index in [-0.39, 0.29) is 17.4 Å². The monoisotopic (exact) mass is 297 g/mol. The number of carbonyl (C=O) groups is 1. The zero-order valence-corrected chi connectivity index (χ0v) is 11.8. The van der Waals surface area contributed by atoms with Crippen molar-refractivity contribution in [1.82, 2.24) is 0 Å². The smallest absolute Gasteiger partial charge is 0.231 e. The van der Waals surface area contributed by atoms with Crippen molar-refractivity contribution in [2.45, 2.75) is 19.3 Å². The van der Waals surface area contributed by atoms with E-state index >= 15 is 0 Å². The van der Waals surface area contributed by atoms with E-state index in [1.807, 2.05) is 6.07 Å². The SMILES string of the molecule is O=C(C1CCS(=O)(=O)C1)N1CCCc2cccc(F)c21. The molecule has 0 aliphatic carbocycles. The topological polar surface area (TPSA) is 54.5 Å². The van der Waals surface area contributed by atoms with Crippen LogP contribution in [0.3, 0.4) is 0 Å². The molecule has 0 N–H and O–H groups in total. The molecule has 1 unspecified atom stereocenters. The molecular formula is C14H16FNO3S. The fraction of sp³-hybridized carbons (Fsp3) is 0.500. The highest BCUT2D eigenvalue weighted by molar-refractivity contribution is 7.91. The van der Waals surface area contributed by atoms with E-state index in [1.165, 1.54) is 11.0 Å². The molecule has 1 aromatic carbocycles. The average Bonchev–Trinajstić information content (AvgIpc) is 2.78. The fourth-order valence-corrected chi connectivity index (χ4v) is 4.77. The van der Waals surface area contributed by atoms with E-state index in [0.717, 1.165) is 18.4 Å². The minimum Gasteiger partial charge on any atom is -0.309 e. The molecule has 2 heterocycles. The molecule has 0 spiro atoms. The van der Waals surface area contributed by atoms with Gasteiger partial charge in [-0.25, -0.2) is 12.8 Å². The van der Waals surface area contributed by atoms with Crippen molar-refractivity contribution in [3.63, 3.8) is 0 Å². The second-order valence-electron chi connectivity index (χ2n) is 5.44. The number of hydrogen-bond acceptors (Lipinski definition) is 3. The number of anilines is 1. The first-order chi connectivity index (χ1) is 9.48. The number of sulfone groups is 1. The molecule has 0 aromatic heterocycles. The molecule has 2 aliphatic heterocycles. The van der Waals surface area contributed by atoms with Crippen LogP contribution in [0.1, 0.15) is 18.4 Å². The van der Waals surface area contributed by atoms with Gasteiger partial charge in [-0.1, -0.05) is 12.1 Å². The lowest BCUT2D eigenvalue weighted by atomic mass is 9.99. The van der Waals surface area contributed by atoms with Crippen LogP contribution in [0.2, 0.25) is 0 Å². The van der Waals surface area contributed by atoms with Crippen LogP contribution in [0.5, 0.6) is 0 Å². The van der Waals surface area contributed by atoms with Crippen LogP contribution in [-0.2, 0) is 21.1 Å². The second kappa shape index (κ2) is 4.84. The summed E-state index contributed by atoms with van der Waals surface area (Å²) in [7, 11) is -3.11. The Morgan fingerprint density at radius 2 is 2.15 bits per heavy atom. The van der Waals surface area contributed by atoms with Crippen molar-refractivity contribution in [2.75, 3.05) is 23.0 Å². The van der Waals surface area contributed by atoms with Gasteiger partial charge in [0.25, 0.3) is 0 Å².